The van der Waals surface area contributed by atoms with Crippen LogP contribution in [0, 0.1) is 0 Å². The fourth-order valence-corrected chi connectivity index (χ4v) is 3.33. The van der Waals surface area contributed by atoms with Crippen molar-refractivity contribution in [3.8, 4) is 0 Å². The zero-order chi connectivity index (χ0) is 16.2. The van der Waals surface area contributed by atoms with E-state index in [1.54, 1.807) is 0 Å². The molecular weight excluding hydrogens is 302 g/mol. The minimum Gasteiger partial charge on any atom is -0.352 e. The number of benzene rings is 1. The highest BCUT2D eigenvalue weighted by Gasteiger charge is 2.23. The zero-order valence-corrected chi connectivity index (χ0v) is 13.9. The normalized spacial score (nSPS) is 17.4. The molecule has 1 heterocycles. The molecular formula is C15H23N3O3S. The van der Waals surface area contributed by atoms with Crippen LogP contribution in [-0.2, 0) is 16.6 Å². The third kappa shape index (κ3) is 4.53. The summed E-state index contributed by atoms with van der Waals surface area (Å²) in [5.41, 5.74) is 1.79. The van der Waals surface area contributed by atoms with Gasteiger partial charge in [-0.1, -0.05) is 12.1 Å². The number of hydrogen-bond donors (Lipinski definition) is 1. The van der Waals surface area contributed by atoms with Gasteiger partial charge in [-0.05, 0) is 24.6 Å². The number of piperazine rings is 1. The molecule has 1 N–H and O–H groups in total. The van der Waals surface area contributed by atoms with E-state index in [2.05, 4.69) is 10.2 Å². The fraction of sp³-hybridized carbons (Fsp3) is 0.533. The largest absolute Gasteiger partial charge is 0.352 e. The Bertz CT molecular complexity index is 605. The molecule has 0 unspecified atom stereocenters. The van der Waals surface area contributed by atoms with Crippen molar-refractivity contribution in [2.75, 3.05) is 39.0 Å². The van der Waals surface area contributed by atoms with Gasteiger partial charge >= 0.3 is 0 Å². The summed E-state index contributed by atoms with van der Waals surface area (Å²) in [7, 11) is -3.08. The fourth-order valence-electron chi connectivity index (χ4n) is 2.50. The van der Waals surface area contributed by atoms with E-state index in [0.717, 1.165) is 25.2 Å². The molecule has 6 nitrogen and oxygen atoms in total. The lowest BCUT2D eigenvalue weighted by molar-refractivity contribution is 0.0956. The third-order valence-electron chi connectivity index (χ3n) is 3.76. The first kappa shape index (κ1) is 16.9. The third-order valence-corrected chi connectivity index (χ3v) is 5.06. The summed E-state index contributed by atoms with van der Waals surface area (Å²) in [5, 5.41) is 2.77. The van der Waals surface area contributed by atoms with Gasteiger partial charge in [0.15, 0.2) is 0 Å². The molecule has 1 aromatic rings. The van der Waals surface area contributed by atoms with Crippen LogP contribution in [0.3, 0.4) is 0 Å². The predicted molar refractivity (Wildman–Crippen MR) is 86.1 cm³/mol. The second-order valence-electron chi connectivity index (χ2n) is 5.49. The van der Waals surface area contributed by atoms with Crippen LogP contribution in [0.25, 0.3) is 0 Å². The molecule has 122 valence electrons. The molecule has 0 bridgehead atoms. The van der Waals surface area contributed by atoms with Crippen LogP contribution >= 0.6 is 0 Å². The number of carbonyl (C=O) groups is 1. The Labute approximate surface area is 132 Å². The first-order valence-corrected chi connectivity index (χ1v) is 9.29. The van der Waals surface area contributed by atoms with E-state index in [9.17, 15) is 13.2 Å². The summed E-state index contributed by atoms with van der Waals surface area (Å²) in [5.74, 6) is -0.0594. The van der Waals surface area contributed by atoms with Gasteiger partial charge < -0.3 is 5.32 Å². The number of carbonyl (C=O) groups excluding carboxylic acids is 1. The Hall–Kier alpha value is -1.44. The maximum Gasteiger partial charge on any atom is 0.251 e. The van der Waals surface area contributed by atoms with E-state index in [1.807, 2.05) is 31.2 Å². The van der Waals surface area contributed by atoms with Crippen LogP contribution in [0.15, 0.2) is 24.3 Å². The van der Waals surface area contributed by atoms with Crippen molar-refractivity contribution in [1.29, 1.82) is 0 Å². The molecule has 1 aromatic carbocycles. The molecule has 0 radical (unpaired) electrons. The van der Waals surface area contributed by atoms with Crippen LogP contribution in [-0.4, -0.2) is 62.5 Å². The average Bonchev–Trinajstić information content (AvgIpc) is 2.48. The Morgan fingerprint density at radius 1 is 1.14 bits per heavy atom. The maximum atomic E-state index is 11.7. The van der Waals surface area contributed by atoms with Crippen molar-refractivity contribution in [3.63, 3.8) is 0 Å². The second-order valence-corrected chi connectivity index (χ2v) is 7.48. The van der Waals surface area contributed by atoms with Gasteiger partial charge in [0.05, 0.1) is 6.26 Å². The van der Waals surface area contributed by atoms with Crippen molar-refractivity contribution in [1.82, 2.24) is 14.5 Å². The summed E-state index contributed by atoms with van der Waals surface area (Å²) >= 11 is 0. The Morgan fingerprint density at radius 2 is 1.73 bits per heavy atom. The molecule has 0 atom stereocenters. The lowest BCUT2D eigenvalue weighted by Crippen LogP contribution is -2.47. The highest BCUT2D eigenvalue weighted by atomic mass is 32.2. The van der Waals surface area contributed by atoms with Gasteiger partial charge in [0, 0.05) is 44.8 Å². The second kappa shape index (κ2) is 7.21. The van der Waals surface area contributed by atoms with Crippen molar-refractivity contribution in [2.45, 2.75) is 13.5 Å². The monoisotopic (exact) mass is 325 g/mol. The SMILES string of the molecule is CCNC(=O)c1ccc(CN2CCN(S(C)(=O)=O)CC2)cc1. The minimum atomic E-state index is -3.08. The van der Waals surface area contributed by atoms with Crippen molar-refractivity contribution >= 4 is 15.9 Å². The average molecular weight is 325 g/mol. The summed E-state index contributed by atoms with van der Waals surface area (Å²) in [6.07, 6.45) is 1.25. The van der Waals surface area contributed by atoms with Crippen molar-refractivity contribution in [3.05, 3.63) is 35.4 Å². The van der Waals surface area contributed by atoms with Gasteiger partial charge in [0.2, 0.25) is 10.0 Å². The smallest absolute Gasteiger partial charge is 0.251 e. The molecule has 2 rings (SSSR count). The van der Waals surface area contributed by atoms with E-state index >= 15 is 0 Å². The van der Waals surface area contributed by atoms with Crippen molar-refractivity contribution in [2.24, 2.45) is 0 Å². The molecule has 0 spiro atoms. The van der Waals surface area contributed by atoms with Crippen LogP contribution in [0.4, 0.5) is 0 Å². The molecule has 1 aliphatic rings. The summed E-state index contributed by atoms with van der Waals surface area (Å²) < 4.78 is 24.5. The molecule has 1 fully saturated rings. The topological polar surface area (TPSA) is 69.7 Å². The standard InChI is InChI=1S/C15H23N3O3S/c1-3-16-15(19)14-6-4-13(5-7-14)12-17-8-10-18(11-9-17)22(2,20)21/h4-7H,3,8-12H2,1-2H3,(H,16,19). The van der Waals surface area contributed by atoms with Crippen LogP contribution in [0.1, 0.15) is 22.8 Å². The molecule has 0 aromatic heterocycles. The van der Waals surface area contributed by atoms with Crippen molar-refractivity contribution < 1.29 is 13.2 Å². The Kier molecular flexibility index (Phi) is 5.55. The van der Waals surface area contributed by atoms with Gasteiger partial charge in [0.25, 0.3) is 5.91 Å². The Balaban J connectivity index is 1.89. The lowest BCUT2D eigenvalue weighted by Gasteiger charge is -2.33. The Morgan fingerprint density at radius 3 is 2.23 bits per heavy atom. The van der Waals surface area contributed by atoms with E-state index in [4.69, 9.17) is 0 Å². The van der Waals surface area contributed by atoms with Gasteiger partial charge in [-0.2, -0.15) is 4.31 Å². The lowest BCUT2D eigenvalue weighted by atomic mass is 10.1. The maximum absolute atomic E-state index is 11.7. The molecule has 0 aliphatic carbocycles. The van der Waals surface area contributed by atoms with Gasteiger partial charge in [-0.25, -0.2) is 8.42 Å². The molecule has 7 heteroatoms. The van der Waals surface area contributed by atoms with Crippen LogP contribution < -0.4 is 5.32 Å². The van der Waals surface area contributed by atoms with Gasteiger partial charge in [-0.3, -0.25) is 9.69 Å². The number of nitrogens with one attached hydrogen (secondary N) is 1. The minimum absolute atomic E-state index is 0.0594. The highest BCUT2D eigenvalue weighted by Crippen LogP contribution is 2.11. The number of rotatable bonds is 5. The summed E-state index contributed by atoms with van der Waals surface area (Å²) in [4.78, 5) is 13.9. The number of sulfonamides is 1. The molecule has 22 heavy (non-hydrogen) atoms. The van der Waals surface area contributed by atoms with E-state index in [-0.39, 0.29) is 5.91 Å². The van der Waals surface area contributed by atoms with E-state index < -0.39 is 10.0 Å². The van der Waals surface area contributed by atoms with Gasteiger partial charge in [0.1, 0.15) is 0 Å². The number of hydrogen-bond acceptors (Lipinski definition) is 4. The predicted octanol–water partition coefficient (Wildman–Crippen LogP) is 0.514. The first-order chi connectivity index (χ1) is 10.4. The number of amides is 1. The highest BCUT2D eigenvalue weighted by molar-refractivity contribution is 7.88. The quantitative estimate of drug-likeness (QED) is 0.856. The molecule has 1 aliphatic heterocycles. The van der Waals surface area contributed by atoms with E-state index in [1.165, 1.54) is 10.6 Å². The molecule has 0 saturated carbocycles. The van der Waals surface area contributed by atoms with Gasteiger partial charge in [-0.15, -0.1) is 0 Å². The zero-order valence-electron chi connectivity index (χ0n) is 13.1. The first-order valence-electron chi connectivity index (χ1n) is 7.44. The van der Waals surface area contributed by atoms with Crippen LogP contribution in [0.2, 0.25) is 0 Å². The van der Waals surface area contributed by atoms with Crippen LogP contribution in [0.5, 0.6) is 0 Å². The molecule has 1 amide bonds. The number of nitrogens with zero attached hydrogens (tertiary/aromatic N) is 2. The molecule has 1 saturated heterocycles. The summed E-state index contributed by atoms with van der Waals surface area (Å²) in [6.45, 7) is 5.81. The summed E-state index contributed by atoms with van der Waals surface area (Å²) in [6, 6.07) is 7.56. The van der Waals surface area contributed by atoms with E-state index in [0.29, 0.717) is 25.2 Å².